The van der Waals surface area contributed by atoms with Crippen molar-refractivity contribution in [1.82, 2.24) is 4.90 Å². The molecule has 0 aromatic rings. The summed E-state index contributed by atoms with van der Waals surface area (Å²) < 4.78 is 15.6. The fourth-order valence-corrected chi connectivity index (χ4v) is 2.06. The first kappa shape index (κ1) is 25.2. The van der Waals surface area contributed by atoms with Gasteiger partial charge in [0.05, 0.1) is 19.8 Å². The smallest absolute Gasteiger partial charge is 0.411 e. The quantitative estimate of drug-likeness (QED) is 0.439. The molecule has 1 rings (SSSR count). The Labute approximate surface area is 152 Å². The first-order valence-corrected chi connectivity index (χ1v) is 8.39. The first-order chi connectivity index (χ1) is 11.7. The molecule has 0 spiro atoms. The third-order valence-corrected chi connectivity index (χ3v) is 2.84. The van der Waals surface area contributed by atoms with Crippen LogP contribution in [0.25, 0.3) is 0 Å². The van der Waals surface area contributed by atoms with E-state index in [-0.39, 0.29) is 0 Å². The van der Waals surface area contributed by atoms with Gasteiger partial charge >= 0.3 is 12.1 Å². The zero-order chi connectivity index (χ0) is 20.0. The Hall–Kier alpha value is -2.00. The van der Waals surface area contributed by atoms with Crippen LogP contribution in [0, 0.1) is 12.3 Å². The summed E-state index contributed by atoms with van der Waals surface area (Å²) in [6.45, 7) is 15.3. The molecular formula is C19H33NO5. The van der Waals surface area contributed by atoms with Crippen molar-refractivity contribution in [3.05, 3.63) is 12.7 Å². The number of terminal acetylenes is 1. The van der Waals surface area contributed by atoms with Crippen LogP contribution in [-0.2, 0) is 19.0 Å². The second kappa shape index (κ2) is 13.3. The van der Waals surface area contributed by atoms with E-state index >= 15 is 0 Å². The summed E-state index contributed by atoms with van der Waals surface area (Å²) in [5.74, 6) is 1.75. The predicted octanol–water partition coefficient (Wildman–Crippen LogP) is 3.41. The maximum atomic E-state index is 12.1. The van der Waals surface area contributed by atoms with Crippen LogP contribution in [0.1, 0.15) is 48.0 Å². The summed E-state index contributed by atoms with van der Waals surface area (Å²) in [6.07, 6.45) is 5.84. The van der Waals surface area contributed by atoms with E-state index in [1.54, 1.807) is 33.8 Å². The second-order valence-corrected chi connectivity index (χ2v) is 5.88. The van der Waals surface area contributed by atoms with Gasteiger partial charge in [0.15, 0.2) is 6.04 Å². The minimum absolute atomic E-state index is 0.320. The monoisotopic (exact) mass is 355 g/mol. The van der Waals surface area contributed by atoms with Crippen molar-refractivity contribution in [3.63, 3.8) is 0 Å². The fourth-order valence-electron chi connectivity index (χ4n) is 2.06. The van der Waals surface area contributed by atoms with Crippen molar-refractivity contribution >= 4 is 12.1 Å². The number of likely N-dealkylation sites (tertiary alicyclic amines) is 1. The van der Waals surface area contributed by atoms with Crippen LogP contribution in [0.4, 0.5) is 4.79 Å². The summed E-state index contributed by atoms with van der Waals surface area (Å²) in [4.78, 5) is 25.4. The lowest BCUT2D eigenvalue weighted by atomic mass is 10.1. The highest BCUT2D eigenvalue weighted by atomic mass is 16.6. The number of nitrogens with zero attached hydrogens (tertiary/aromatic N) is 1. The molecule has 0 N–H and O–H groups in total. The molecule has 6 heteroatoms. The molecule has 0 aliphatic carbocycles. The van der Waals surface area contributed by atoms with E-state index in [2.05, 4.69) is 18.9 Å². The Balaban J connectivity index is 0. The summed E-state index contributed by atoms with van der Waals surface area (Å²) in [6, 6.07) is -0.769. The second-order valence-electron chi connectivity index (χ2n) is 5.88. The number of ether oxygens (including phenoxy) is 3. The minimum atomic E-state index is -0.769. The van der Waals surface area contributed by atoms with Gasteiger partial charge in [-0.2, -0.15) is 0 Å². The summed E-state index contributed by atoms with van der Waals surface area (Å²) in [5.41, 5.74) is -0.613. The molecule has 1 fully saturated rings. The van der Waals surface area contributed by atoms with E-state index < -0.39 is 29.8 Å². The van der Waals surface area contributed by atoms with Crippen LogP contribution in [0.3, 0.4) is 0 Å². The molecule has 1 amide bonds. The number of esters is 1. The maximum absolute atomic E-state index is 12.1. The van der Waals surface area contributed by atoms with E-state index in [1.807, 2.05) is 13.8 Å². The van der Waals surface area contributed by atoms with Crippen LogP contribution >= 0.6 is 0 Å². The Morgan fingerprint density at radius 3 is 2.28 bits per heavy atom. The summed E-state index contributed by atoms with van der Waals surface area (Å²) >= 11 is 0. The van der Waals surface area contributed by atoms with Gasteiger partial charge in [0, 0.05) is 6.54 Å². The number of hydrogen-bond acceptors (Lipinski definition) is 5. The van der Waals surface area contributed by atoms with Gasteiger partial charge in [0.25, 0.3) is 0 Å². The van der Waals surface area contributed by atoms with E-state index in [1.165, 1.54) is 12.0 Å². The van der Waals surface area contributed by atoms with Gasteiger partial charge < -0.3 is 14.2 Å². The number of carbonyl (C=O) groups excluding carboxylic acids is 2. The molecule has 0 bridgehead atoms. The average molecular weight is 355 g/mol. The molecule has 6 nitrogen and oxygen atoms in total. The van der Waals surface area contributed by atoms with E-state index in [4.69, 9.17) is 14.2 Å². The molecule has 0 radical (unpaired) electrons. The lowest BCUT2D eigenvalue weighted by Crippen LogP contribution is -2.48. The summed E-state index contributed by atoms with van der Waals surface area (Å²) in [5, 5.41) is 0. The third kappa shape index (κ3) is 9.78. The molecule has 0 aromatic heterocycles. The lowest BCUT2D eigenvalue weighted by molar-refractivity contribution is -0.149. The van der Waals surface area contributed by atoms with Gasteiger partial charge in [0.2, 0.25) is 0 Å². The highest BCUT2D eigenvalue weighted by Gasteiger charge is 2.44. The Kier molecular flexibility index (Phi) is 13.4. The molecule has 2 unspecified atom stereocenters. The molecule has 1 saturated heterocycles. The minimum Gasteiger partial charge on any atom is -0.467 e. The van der Waals surface area contributed by atoms with Crippen molar-refractivity contribution in [2.24, 2.45) is 0 Å². The van der Waals surface area contributed by atoms with Gasteiger partial charge in [-0.3, -0.25) is 4.90 Å². The van der Waals surface area contributed by atoms with E-state index in [0.29, 0.717) is 19.6 Å². The van der Waals surface area contributed by atoms with E-state index in [0.717, 1.165) is 0 Å². The van der Waals surface area contributed by atoms with Gasteiger partial charge in [-0.1, -0.05) is 19.9 Å². The lowest BCUT2D eigenvalue weighted by Gasteiger charge is -2.28. The van der Waals surface area contributed by atoms with Crippen molar-refractivity contribution in [1.29, 1.82) is 0 Å². The number of carbonyl (C=O) groups is 2. The van der Waals surface area contributed by atoms with Crippen molar-refractivity contribution < 1.29 is 23.8 Å². The molecule has 144 valence electrons. The fraction of sp³-hybridized carbons (Fsp3) is 0.684. The molecule has 0 aromatic carbocycles. The molecule has 1 heterocycles. The first-order valence-electron chi connectivity index (χ1n) is 8.39. The normalized spacial score (nSPS) is 18.6. The standard InChI is InChI=1S/C14H23NO5.C3H4.C2H6/c1-6-9-19-10-7-8-15(11(10)12(16)18-5)13(17)20-14(2,3)4;1-3-2;1-2/h6,10-11H,1,7-9H2,2-5H3;1H,2H3;1-2H3. The third-order valence-electron chi connectivity index (χ3n) is 2.84. The van der Waals surface area contributed by atoms with Crippen molar-refractivity contribution in [3.8, 4) is 12.3 Å². The summed E-state index contributed by atoms with van der Waals surface area (Å²) in [7, 11) is 1.29. The molecule has 25 heavy (non-hydrogen) atoms. The predicted molar refractivity (Wildman–Crippen MR) is 99.2 cm³/mol. The number of hydrogen-bond donors (Lipinski definition) is 0. The zero-order valence-corrected chi connectivity index (χ0v) is 16.6. The maximum Gasteiger partial charge on any atom is 0.411 e. The Morgan fingerprint density at radius 2 is 1.88 bits per heavy atom. The van der Waals surface area contributed by atoms with Crippen LogP contribution in [0.2, 0.25) is 0 Å². The zero-order valence-electron chi connectivity index (χ0n) is 16.6. The van der Waals surface area contributed by atoms with Gasteiger partial charge in [-0.25, -0.2) is 9.59 Å². The highest BCUT2D eigenvalue weighted by molar-refractivity contribution is 5.83. The molecule has 1 aliphatic rings. The van der Waals surface area contributed by atoms with Crippen molar-refractivity contribution in [2.75, 3.05) is 20.3 Å². The van der Waals surface area contributed by atoms with Crippen molar-refractivity contribution in [2.45, 2.75) is 65.7 Å². The largest absolute Gasteiger partial charge is 0.467 e. The SMILES string of the molecule is C#CC.C=CCOC1CCN(C(=O)OC(C)(C)C)C1C(=O)OC.CC. The molecular weight excluding hydrogens is 322 g/mol. The number of amides is 1. The topological polar surface area (TPSA) is 65.1 Å². The van der Waals surface area contributed by atoms with Crippen LogP contribution < -0.4 is 0 Å². The Morgan fingerprint density at radius 1 is 1.36 bits per heavy atom. The van der Waals surface area contributed by atoms with Crippen LogP contribution in [0.5, 0.6) is 0 Å². The van der Waals surface area contributed by atoms with Crippen LogP contribution in [0.15, 0.2) is 12.7 Å². The number of methoxy groups -OCH3 is 1. The van der Waals surface area contributed by atoms with Gasteiger partial charge in [-0.05, 0) is 34.1 Å². The highest BCUT2D eigenvalue weighted by Crippen LogP contribution is 2.24. The Bertz CT molecular complexity index is 448. The molecule has 2 atom stereocenters. The van der Waals surface area contributed by atoms with E-state index in [9.17, 15) is 9.59 Å². The van der Waals surface area contributed by atoms with Crippen LogP contribution in [-0.4, -0.2) is 55.0 Å². The number of rotatable bonds is 4. The van der Waals surface area contributed by atoms with Gasteiger partial charge in [-0.15, -0.1) is 18.9 Å². The van der Waals surface area contributed by atoms with Gasteiger partial charge in [0.1, 0.15) is 5.60 Å². The molecule has 0 saturated carbocycles. The average Bonchev–Trinajstić information content (AvgIpc) is 2.97. The molecule has 1 aliphatic heterocycles.